The highest BCUT2D eigenvalue weighted by Crippen LogP contribution is 2.38. The fourth-order valence-electron chi connectivity index (χ4n) is 1.49. The number of thiazole rings is 1. The summed E-state index contributed by atoms with van der Waals surface area (Å²) in [6, 6.07) is 0. The molecule has 104 valence electrons. The lowest BCUT2D eigenvalue weighted by Crippen LogP contribution is -2.10. The van der Waals surface area contributed by atoms with E-state index in [1.54, 1.807) is 18.4 Å². The quantitative estimate of drug-likeness (QED) is 0.939. The molecule has 0 aromatic carbocycles. The molecule has 2 aromatic rings. The molecular weight excluding hydrogens is 280 g/mol. The van der Waals surface area contributed by atoms with Crippen LogP contribution in [0.3, 0.4) is 0 Å². The lowest BCUT2D eigenvalue weighted by molar-refractivity contribution is 0.182. The van der Waals surface area contributed by atoms with Gasteiger partial charge in [-0.25, -0.2) is 4.98 Å². The van der Waals surface area contributed by atoms with E-state index in [9.17, 15) is 0 Å². The third-order valence-corrected chi connectivity index (χ3v) is 5.07. The number of methoxy groups -OCH3 is 1. The van der Waals surface area contributed by atoms with E-state index in [0.717, 1.165) is 25.7 Å². The molecule has 0 bridgehead atoms. The predicted molar refractivity (Wildman–Crippen MR) is 80.0 cm³/mol. The first-order valence-corrected chi connectivity index (χ1v) is 7.59. The SMILES string of the molecule is CNc1nnc(-c2sc(C(C)(C)C)nc2COC)s1. The molecule has 0 aliphatic rings. The van der Waals surface area contributed by atoms with Crippen molar-refractivity contribution in [3.05, 3.63) is 10.7 Å². The van der Waals surface area contributed by atoms with Crippen LogP contribution in [0.15, 0.2) is 0 Å². The highest BCUT2D eigenvalue weighted by Gasteiger charge is 2.23. The molecule has 0 atom stereocenters. The minimum Gasteiger partial charge on any atom is -0.378 e. The van der Waals surface area contributed by atoms with E-state index in [1.807, 2.05) is 7.05 Å². The van der Waals surface area contributed by atoms with Crippen LogP contribution in [0, 0.1) is 0 Å². The Hall–Kier alpha value is -1.05. The number of hydrogen-bond acceptors (Lipinski definition) is 7. The average molecular weight is 298 g/mol. The summed E-state index contributed by atoms with van der Waals surface area (Å²) < 4.78 is 5.23. The molecule has 0 radical (unpaired) electrons. The highest BCUT2D eigenvalue weighted by atomic mass is 32.1. The second kappa shape index (κ2) is 5.52. The van der Waals surface area contributed by atoms with Crippen LogP contribution in [0.2, 0.25) is 0 Å². The van der Waals surface area contributed by atoms with Gasteiger partial charge in [0.2, 0.25) is 5.13 Å². The minimum atomic E-state index is 0.0297. The molecule has 2 heterocycles. The standard InChI is InChI=1S/C12H18N4OS2/c1-12(2,3)10-14-7(6-17-5)8(18-10)9-15-16-11(13-4)19-9/h6H2,1-5H3,(H,13,16). The van der Waals surface area contributed by atoms with Crippen molar-refractivity contribution in [3.63, 3.8) is 0 Å². The zero-order valence-electron chi connectivity index (χ0n) is 11.8. The van der Waals surface area contributed by atoms with E-state index in [4.69, 9.17) is 9.72 Å². The Morgan fingerprint density at radius 1 is 1.21 bits per heavy atom. The van der Waals surface area contributed by atoms with E-state index >= 15 is 0 Å². The molecular formula is C12H18N4OS2. The maximum absolute atomic E-state index is 5.23. The Bertz CT molecular complexity index is 556. The Morgan fingerprint density at radius 3 is 2.47 bits per heavy atom. The lowest BCUT2D eigenvalue weighted by Gasteiger charge is -2.13. The number of hydrogen-bond donors (Lipinski definition) is 1. The van der Waals surface area contributed by atoms with Gasteiger partial charge in [-0.1, -0.05) is 32.1 Å². The molecule has 19 heavy (non-hydrogen) atoms. The van der Waals surface area contributed by atoms with Gasteiger partial charge in [0, 0.05) is 19.6 Å². The summed E-state index contributed by atoms with van der Waals surface area (Å²) in [4.78, 5) is 5.76. The van der Waals surface area contributed by atoms with Gasteiger partial charge in [0.05, 0.1) is 22.2 Å². The zero-order valence-corrected chi connectivity index (χ0v) is 13.4. The van der Waals surface area contributed by atoms with E-state index < -0.39 is 0 Å². The summed E-state index contributed by atoms with van der Waals surface area (Å²) in [5, 5.41) is 14.1. The average Bonchev–Trinajstić information content (AvgIpc) is 2.93. The van der Waals surface area contributed by atoms with Gasteiger partial charge < -0.3 is 10.1 Å². The van der Waals surface area contributed by atoms with Gasteiger partial charge in [-0.3, -0.25) is 0 Å². The summed E-state index contributed by atoms with van der Waals surface area (Å²) >= 11 is 3.20. The number of aromatic nitrogens is 3. The van der Waals surface area contributed by atoms with Crippen molar-refractivity contribution in [1.82, 2.24) is 15.2 Å². The summed E-state index contributed by atoms with van der Waals surface area (Å²) in [6.07, 6.45) is 0. The summed E-state index contributed by atoms with van der Waals surface area (Å²) in [5.41, 5.74) is 0.971. The van der Waals surface area contributed by atoms with Crippen molar-refractivity contribution in [1.29, 1.82) is 0 Å². The first kappa shape index (κ1) is 14.4. The smallest absolute Gasteiger partial charge is 0.205 e. The number of nitrogens with one attached hydrogen (secondary N) is 1. The van der Waals surface area contributed by atoms with E-state index in [1.165, 1.54) is 11.3 Å². The van der Waals surface area contributed by atoms with E-state index in [0.29, 0.717) is 6.61 Å². The molecule has 0 saturated heterocycles. The van der Waals surface area contributed by atoms with Crippen LogP contribution in [0.4, 0.5) is 5.13 Å². The topological polar surface area (TPSA) is 59.9 Å². The minimum absolute atomic E-state index is 0.0297. The van der Waals surface area contributed by atoms with Gasteiger partial charge in [-0.05, 0) is 0 Å². The molecule has 0 unspecified atom stereocenters. The van der Waals surface area contributed by atoms with Crippen molar-refractivity contribution in [3.8, 4) is 9.88 Å². The fourth-order valence-corrected chi connectivity index (χ4v) is 3.41. The van der Waals surface area contributed by atoms with Crippen molar-refractivity contribution < 1.29 is 4.74 Å². The molecule has 0 aliphatic carbocycles. The molecule has 0 spiro atoms. The Balaban J connectivity index is 2.45. The summed E-state index contributed by atoms with van der Waals surface area (Å²) in [7, 11) is 3.52. The number of rotatable bonds is 4. The van der Waals surface area contributed by atoms with Gasteiger partial charge >= 0.3 is 0 Å². The second-order valence-electron chi connectivity index (χ2n) is 5.14. The van der Waals surface area contributed by atoms with Crippen LogP contribution >= 0.6 is 22.7 Å². The van der Waals surface area contributed by atoms with Crippen LogP contribution in [0.25, 0.3) is 9.88 Å². The Kier molecular flexibility index (Phi) is 4.17. The monoisotopic (exact) mass is 298 g/mol. The largest absolute Gasteiger partial charge is 0.378 e. The Labute approximate surface area is 121 Å². The number of ether oxygens (including phenoxy) is 1. The zero-order chi connectivity index (χ0) is 14.0. The summed E-state index contributed by atoms with van der Waals surface area (Å²) in [6.45, 7) is 6.97. The normalized spacial score (nSPS) is 11.8. The summed E-state index contributed by atoms with van der Waals surface area (Å²) in [5.74, 6) is 0. The maximum Gasteiger partial charge on any atom is 0.205 e. The number of nitrogens with zero attached hydrogens (tertiary/aromatic N) is 3. The number of anilines is 1. The molecule has 0 amide bonds. The molecule has 2 aromatic heterocycles. The molecule has 0 fully saturated rings. The molecule has 0 aliphatic heterocycles. The van der Waals surface area contributed by atoms with Gasteiger partial charge in [0.25, 0.3) is 0 Å². The highest BCUT2D eigenvalue weighted by molar-refractivity contribution is 7.23. The van der Waals surface area contributed by atoms with Crippen LogP contribution in [0.1, 0.15) is 31.5 Å². The van der Waals surface area contributed by atoms with Crippen molar-refractivity contribution in [2.45, 2.75) is 32.8 Å². The molecule has 5 nitrogen and oxygen atoms in total. The molecule has 1 N–H and O–H groups in total. The lowest BCUT2D eigenvalue weighted by atomic mass is 9.98. The van der Waals surface area contributed by atoms with Gasteiger partial charge in [-0.2, -0.15) is 0 Å². The van der Waals surface area contributed by atoms with Gasteiger partial charge in [-0.15, -0.1) is 21.5 Å². The molecule has 0 saturated carbocycles. The third kappa shape index (κ3) is 3.10. The molecule has 2 rings (SSSR count). The van der Waals surface area contributed by atoms with Gasteiger partial charge in [0.15, 0.2) is 5.01 Å². The fraction of sp³-hybridized carbons (Fsp3) is 0.583. The van der Waals surface area contributed by atoms with Crippen LogP contribution in [-0.2, 0) is 16.8 Å². The van der Waals surface area contributed by atoms with Crippen molar-refractivity contribution >= 4 is 27.8 Å². The van der Waals surface area contributed by atoms with Gasteiger partial charge in [0.1, 0.15) is 0 Å². The van der Waals surface area contributed by atoms with E-state index in [-0.39, 0.29) is 5.41 Å². The third-order valence-electron chi connectivity index (χ3n) is 2.45. The first-order valence-electron chi connectivity index (χ1n) is 5.96. The van der Waals surface area contributed by atoms with Crippen LogP contribution in [-0.4, -0.2) is 29.3 Å². The first-order chi connectivity index (χ1) is 8.95. The van der Waals surface area contributed by atoms with Crippen LogP contribution < -0.4 is 5.32 Å². The van der Waals surface area contributed by atoms with Crippen LogP contribution in [0.5, 0.6) is 0 Å². The van der Waals surface area contributed by atoms with Crippen molar-refractivity contribution in [2.24, 2.45) is 0 Å². The van der Waals surface area contributed by atoms with E-state index in [2.05, 4.69) is 36.3 Å². The second-order valence-corrected chi connectivity index (χ2v) is 7.12. The predicted octanol–water partition coefficient (Wildman–Crippen LogP) is 3.15. The van der Waals surface area contributed by atoms with Crippen molar-refractivity contribution in [2.75, 3.05) is 19.5 Å². The molecule has 7 heteroatoms. The maximum atomic E-state index is 5.23. The Morgan fingerprint density at radius 2 is 1.95 bits per heavy atom.